The fourth-order valence-corrected chi connectivity index (χ4v) is 2.91. The van der Waals surface area contributed by atoms with Gasteiger partial charge in [0.1, 0.15) is 11.4 Å². The van der Waals surface area contributed by atoms with Crippen LogP contribution in [-0.4, -0.2) is 55.4 Å². The van der Waals surface area contributed by atoms with Crippen LogP contribution in [0.15, 0.2) is 24.3 Å². The molecule has 0 aliphatic carbocycles. The van der Waals surface area contributed by atoms with Gasteiger partial charge in [0.25, 0.3) is 11.7 Å². The molecule has 0 aliphatic rings. The summed E-state index contributed by atoms with van der Waals surface area (Å²) >= 11 is 0. The first-order valence-corrected chi connectivity index (χ1v) is 9.41. The molecule has 0 radical (unpaired) electrons. The highest BCUT2D eigenvalue weighted by Gasteiger charge is 2.29. The van der Waals surface area contributed by atoms with Gasteiger partial charge in [0, 0.05) is 31.3 Å². The summed E-state index contributed by atoms with van der Waals surface area (Å²) in [5, 5.41) is 4.98. The highest BCUT2D eigenvalue weighted by atomic mass is 16.5. The van der Waals surface area contributed by atoms with Crippen molar-refractivity contribution in [2.75, 3.05) is 26.8 Å². The van der Waals surface area contributed by atoms with Crippen LogP contribution in [0, 0.1) is 6.92 Å². The maximum atomic E-state index is 12.8. The molecule has 0 bridgehead atoms. The molecule has 0 saturated carbocycles. The Morgan fingerprint density at radius 2 is 1.67 bits per heavy atom. The van der Waals surface area contributed by atoms with E-state index < -0.39 is 17.7 Å². The molecule has 160 valence electrons. The van der Waals surface area contributed by atoms with Crippen molar-refractivity contribution in [3.8, 4) is 16.9 Å². The van der Waals surface area contributed by atoms with E-state index in [2.05, 4.69) is 15.6 Å². The molecule has 2 rings (SSSR count). The molecule has 9 heteroatoms. The molecular weight excluding hydrogens is 390 g/mol. The van der Waals surface area contributed by atoms with Gasteiger partial charge < -0.3 is 25.1 Å². The quantitative estimate of drug-likeness (QED) is 0.247. The van der Waals surface area contributed by atoms with Gasteiger partial charge in [-0.05, 0) is 31.5 Å². The molecule has 0 unspecified atom stereocenters. The van der Waals surface area contributed by atoms with Crippen LogP contribution in [0.3, 0.4) is 0 Å². The number of aromatic nitrogens is 1. The number of H-pyrrole nitrogens is 1. The van der Waals surface area contributed by atoms with Crippen LogP contribution in [0.25, 0.3) is 11.1 Å². The minimum Gasteiger partial charge on any atom is -0.497 e. The summed E-state index contributed by atoms with van der Waals surface area (Å²) in [5.41, 5.74) is 1.43. The lowest BCUT2D eigenvalue weighted by Gasteiger charge is -2.09. The third-order valence-corrected chi connectivity index (χ3v) is 4.26. The predicted octanol–water partition coefficient (Wildman–Crippen LogP) is 1.61. The highest BCUT2D eigenvalue weighted by Crippen LogP contribution is 2.32. The molecule has 0 fully saturated rings. The van der Waals surface area contributed by atoms with E-state index in [0.717, 1.165) is 0 Å². The van der Waals surface area contributed by atoms with E-state index in [9.17, 15) is 19.2 Å². The second kappa shape index (κ2) is 10.2. The number of Topliss-reactive ketones (excluding diaryl/α,β-unsaturated/α-hetero) is 1. The van der Waals surface area contributed by atoms with Gasteiger partial charge in [-0.25, -0.2) is 4.79 Å². The summed E-state index contributed by atoms with van der Waals surface area (Å²) in [7, 11) is 1.53. The summed E-state index contributed by atoms with van der Waals surface area (Å²) < 4.78 is 10.3. The molecule has 0 saturated heterocycles. The van der Waals surface area contributed by atoms with E-state index in [0.29, 0.717) is 17.0 Å². The van der Waals surface area contributed by atoms with Crippen LogP contribution < -0.4 is 15.4 Å². The largest absolute Gasteiger partial charge is 0.497 e. The van der Waals surface area contributed by atoms with Crippen LogP contribution in [-0.2, 0) is 14.3 Å². The number of hydrogen-bond acceptors (Lipinski definition) is 6. The van der Waals surface area contributed by atoms with E-state index in [-0.39, 0.29) is 42.4 Å². The number of ketones is 1. The van der Waals surface area contributed by atoms with Crippen molar-refractivity contribution >= 4 is 23.6 Å². The molecule has 30 heavy (non-hydrogen) atoms. The second-order valence-electron chi connectivity index (χ2n) is 6.39. The molecule has 1 heterocycles. The zero-order chi connectivity index (χ0) is 22.3. The Balaban J connectivity index is 2.41. The number of rotatable bonds is 9. The van der Waals surface area contributed by atoms with Gasteiger partial charge in [0.15, 0.2) is 0 Å². The molecule has 9 nitrogen and oxygen atoms in total. The third-order valence-electron chi connectivity index (χ3n) is 4.26. The van der Waals surface area contributed by atoms with Gasteiger partial charge in [0.05, 0.1) is 19.3 Å². The number of aromatic amines is 1. The van der Waals surface area contributed by atoms with Crippen molar-refractivity contribution in [3.05, 3.63) is 41.2 Å². The summed E-state index contributed by atoms with van der Waals surface area (Å²) in [6.07, 6.45) is 0. The van der Waals surface area contributed by atoms with E-state index in [1.807, 2.05) is 0 Å². The van der Waals surface area contributed by atoms with Gasteiger partial charge in [-0.15, -0.1) is 0 Å². The summed E-state index contributed by atoms with van der Waals surface area (Å²) in [6, 6.07) is 6.76. The number of methoxy groups -OCH3 is 1. The van der Waals surface area contributed by atoms with Crippen molar-refractivity contribution in [1.29, 1.82) is 0 Å². The average molecular weight is 415 g/mol. The Kier molecular flexibility index (Phi) is 7.74. The number of ether oxygens (including phenoxy) is 2. The molecule has 1 aromatic carbocycles. The van der Waals surface area contributed by atoms with Crippen molar-refractivity contribution in [2.24, 2.45) is 0 Å². The fraction of sp³-hybridized carbons (Fsp3) is 0.333. The minimum atomic E-state index is -0.855. The number of esters is 1. The standard InChI is InChI=1S/C21H25N3O6/c1-5-30-21(28)16-12(2)24-18(17(16)14-6-8-15(29-4)9-7-14)19(26)20(27)23-11-10-22-13(3)25/h6-9,24H,5,10-11H2,1-4H3,(H,22,25)(H,23,27). The minimum absolute atomic E-state index is 0.0160. The SMILES string of the molecule is CCOC(=O)c1c(C)[nH]c(C(=O)C(=O)NCCNC(C)=O)c1-c1ccc(OC)cc1. The van der Waals surface area contributed by atoms with Crippen LogP contribution >= 0.6 is 0 Å². The van der Waals surface area contributed by atoms with Gasteiger partial charge in [-0.3, -0.25) is 14.4 Å². The highest BCUT2D eigenvalue weighted by molar-refractivity contribution is 6.43. The molecule has 0 spiro atoms. The molecule has 2 amide bonds. The normalized spacial score (nSPS) is 10.3. The molecule has 1 aromatic heterocycles. The van der Waals surface area contributed by atoms with E-state index in [1.165, 1.54) is 14.0 Å². The number of benzene rings is 1. The van der Waals surface area contributed by atoms with Gasteiger partial charge >= 0.3 is 5.97 Å². The lowest BCUT2D eigenvalue weighted by Crippen LogP contribution is -2.37. The first kappa shape index (κ1) is 22.7. The zero-order valence-electron chi connectivity index (χ0n) is 17.4. The first-order valence-electron chi connectivity index (χ1n) is 9.41. The average Bonchev–Trinajstić information content (AvgIpc) is 3.07. The number of nitrogens with one attached hydrogen (secondary N) is 3. The number of carbonyl (C=O) groups is 4. The zero-order valence-corrected chi connectivity index (χ0v) is 17.4. The second-order valence-corrected chi connectivity index (χ2v) is 6.39. The maximum absolute atomic E-state index is 12.8. The number of aryl methyl sites for hydroxylation is 1. The van der Waals surface area contributed by atoms with Crippen molar-refractivity contribution in [2.45, 2.75) is 20.8 Å². The van der Waals surface area contributed by atoms with Crippen molar-refractivity contribution in [1.82, 2.24) is 15.6 Å². The van der Waals surface area contributed by atoms with Gasteiger partial charge in [-0.1, -0.05) is 12.1 Å². The van der Waals surface area contributed by atoms with Crippen molar-refractivity contribution < 1.29 is 28.7 Å². The van der Waals surface area contributed by atoms with E-state index >= 15 is 0 Å². The van der Waals surface area contributed by atoms with Gasteiger partial charge in [-0.2, -0.15) is 0 Å². The fourth-order valence-electron chi connectivity index (χ4n) is 2.91. The van der Waals surface area contributed by atoms with Gasteiger partial charge in [0.2, 0.25) is 5.91 Å². The molecule has 3 N–H and O–H groups in total. The van der Waals surface area contributed by atoms with E-state index in [4.69, 9.17) is 9.47 Å². The van der Waals surface area contributed by atoms with E-state index in [1.54, 1.807) is 38.1 Å². The Hall–Kier alpha value is -3.62. The number of amides is 2. The monoisotopic (exact) mass is 415 g/mol. The predicted molar refractivity (Wildman–Crippen MR) is 109 cm³/mol. The van der Waals surface area contributed by atoms with Crippen molar-refractivity contribution in [3.63, 3.8) is 0 Å². The Bertz CT molecular complexity index is 946. The molecule has 2 aromatic rings. The molecule has 0 aliphatic heterocycles. The van der Waals surface area contributed by atoms with Crippen LogP contribution in [0.5, 0.6) is 5.75 Å². The Morgan fingerprint density at radius 1 is 1.03 bits per heavy atom. The lowest BCUT2D eigenvalue weighted by molar-refractivity contribution is -0.119. The lowest BCUT2D eigenvalue weighted by atomic mass is 9.98. The molecular formula is C21H25N3O6. The Labute approximate surface area is 174 Å². The summed E-state index contributed by atoms with van der Waals surface area (Å²) in [5.74, 6) is -1.92. The first-order chi connectivity index (χ1) is 14.3. The topological polar surface area (TPSA) is 127 Å². The summed E-state index contributed by atoms with van der Waals surface area (Å²) in [4.78, 5) is 51.5. The number of hydrogen-bond donors (Lipinski definition) is 3. The maximum Gasteiger partial charge on any atom is 0.340 e. The molecule has 0 atom stereocenters. The van der Waals surface area contributed by atoms with Crippen LogP contribution in [0.1, 0.15) is 40.4 Å². The van der Waals surface area contributed by atoms with Crippen LogP contribution in [0.2, 0.25) is 0 Å². The summed E-state index contributed by atoms with van der Waals surface area (Å²) in [6.45, 7) is 5.11. The Morgan fingerprint density at radius 3 is 2.23 bits per heavy atom. The smallest absolute Gasteiger partial charge is 0.340 e. The van der Waals surface area contributed by atoms with Crippen LogP contribution in [0.4, 0.5) is 0 Å². The number of carbonyl (C=O) groups excluding carboxylic acids is 4. The third kappa shape index (κ3) is 5.25.